The number of aromatic nitrogens is 1. The van der Waals surface area contributed by atoms with E-state index in [2.05, 4.69) is 20.8 Å². The van der Waals surface area contributed by atoms with Crippen LogP contribution in [-0.2, 0) is 4.84 Å². The highest BCUT2D eigenvalue weighted by Gasteiger charge is 2.20. The molecule has 1 atom stereocenters. The van der Waals surface area contributed by atoms with Crippen molar-refractivity contribution in [2.45, 2.75) is 25.9 Å². The zero-order valence-electron chi connectivity index (χ0n) is 11.6. The van der Waals surface area contributed by atoms with Gasteiger partial charge in [0.2, 0.25) is 0 Å². The number of anilines is 1. The summed E-state index contributed by atoms with van der Waals surface area (Å²) in [5, 5.41) is 9.57. The Labute approximate surface area is 126 Å². The van der Waals surface area contributed by atoms with Gasteiger partial charge in [0.15, 0.2) is 0 Å². The summed E-state index contributed by atoms with van der Waals surface area (Å²) in [6.07, 6.45) is 1.61. The Bertz CT molecular complexity index is 682. The molecule has 0 fully saturated rings. The number of nitrogens with zero attached hydrogens (tertiary/aromatic N) is 2. The standard InChI is InChI=1S/C14H16N4O2S/c1-2-9-5-11(20-18-9)7-15-14(19)17-10-3-4-12-13(6-10)21-8-16-12/h3-4,6,8,11H,2,5,7H2,1H3,(H2,15,17,19)/t11-/m0/s1. The average Bonchev–Trinajstić information content (AvgIpc) is 3.13. The van der Waals surface area contributed by atoms with Crippen LogP contribution in [0, 0.1) is 0 Å². The smallest absolute Gasteiger partial charge is 0.319 e. The van der Waals surface area contributed by atoms with Gasteiger partial charge < -0.3 is 15.5 Å². The Balaban J connectivity index is 1.50. The van der Waals surface area contributed by atoms with Crippen molar-refractivity contribution in [2.24, 2.45) is 5.16 Å². The van der Waals surface area contributed by atoms with Crippen molar-refractivity contribution in [3.05, 3.63) is 23.7 Å². The summed E-state index contributed by atoms with van der Waals surface area (Å²) < 4.78 is 1.05. The number of thiazole rings is 1. The Kier molecular flexibility index (Phi) is 4.01. The molecule has 0 saturated heterocycles. The van der Waals surface area contributed by atoms with Gasteiger partial charge in [0.25, 0.3) is 0 Å². The molecule has 3 rings (SSSR count). The lowest BCUT2D eigenvalue weighted by Crippen LogP contribution is -2.35. The second-order valence-electron chi connectivity index (χ2n) is 4.81. The molecule has 2 amide bonds. The molecule has 1 aliphatic rings. The van der Waals surface area contributed by atoms with Gasteiger partial charge in [-0.15, -0.1) is 11.3 Å². The molecular formula is C14H16N4O2S. The highest BCUT2D eigenvalue weighted by Crippen LogP contribution is 2.21. The first kappa shape index (κ1) is 13.8. The molecule has 7 heteroatoms. The number of carbonyl (C=O) groups is 1. The number of fused-ring (bicyclic) bond motifs is 1. The van der Waals surface area contributed by atoms with E-state index in [9.17, 15) is 4.79 Å². The average molecular weight is 304 g/mol. The Hall–Kier alpha value is -2.15. The van der Waals surface area contributed by atoms with Crippen LogP contribution in [0.4, 0.5) is 10.5 Å². The van der Waals surface area contributed by atoms with E-state index in [0.29, 0.717) is 6.54 Å². The van der Waals surface area contributed by atoms with Gasteiger partial charge in [-0.05, 0) is 24.6 Å². The molecule has 0 spiro atoms. The quantitative estimate of drug-likeness (QED) is 0.911. The molecular weight excluding hydrogens is 288 g/mol. The number of rotatable bonds is 4. The van der Waals surface area contributed by atoms with Gasteiger partial charge in [-0.3, -0.25) is 0 Å². The number of oxime groups is 1. The van der Waals surface area contributed by atoms with Gasteiger partial charge in [0.05, 0.1) is 28.0 Å². The number of hydrogen-bond acceptors (Lipinski definition) is 5. The summed E-state index contributed by atoms with van der Waals surface area (Å²) in [4.78, 5) is 21.3. The summed E-state index contributed by atoms with van der Waals surface area (Å²) in [6.45, 7) is 2.49. The van der Waals surface area contributed by atoms with Crippen molar-refractivity contribution in [1.29, 1.82) is 0 Å². The monoisotopic (exact) mass is 304 g/mol. The van der Waals surface area contributed by atoms with Crippen LogP contribution in [0.15, 0.2) is 28.9 Å². The van der Waals surface area contributed by atoms with Gasteiger partial charge in [-0.25, -0.2) is 9.78 Å². The number of benzene rings is 1. The summed E-state index contributed by atoms with van der Waals surface area (Å²) in [5.41, 5.74) is 4.52. The van der Waals surface area contributed by atoms with Crippen molar-refractivity contribution >= 4 is 39.0 Å². The molecule has 0 radical (unpaired) electrons. The van der Waals surface area contributed by atoms with Crippen molar-refractivity contribution in [2.75, 3.05) is 11.9 Å². The first-order chi connectivity index (χ1) is 10.2. The van der Waals surface area contributed by atoms with Crippen molar-refractivity contribution in [3.63, 3.8) is 0 Å². The molecule has 0 unspecified atom stereocenters. The maximum absolute atomic E-state index is 11.9. The van der Waals surface area contributed by atoms with Gasteiger partial charge in [-0.1, -0.05) is 12.1 Å². The van der Waals surface area contributed by atoms with Gasteiger partial charge >= 0.3 is 6.03 Å². The van der Waals surface area contributed by atoms with Crippen LogP contribution in [0.2, 0.25) is 0 Å². The van der Waals surface area contributed by atoms with Crippen molar-refractivity contribution in [1.82, 2.24) is 10.3 Å². The molecule has 110 valence electrons. The SMILES string of the molecule is CCC1=NO[C@H](CNC(=O)Nc2ccc3ncsc3c2)C1. The van der Waals surface area contributed by atoms with Gasteiger partial charge in [-0.2, -0.15) is 0 Å². The third kappa shape index (κ3) is 3.30. The Morgan fingerprint density at radius 1 is 1.52 bits per heavy atom. The zero-order valence-corrected chi connectivity index (χ0v) is 12.4. The van der Waals surface area contributed by atoms with E-state index in [-0.39, 0.29) is 12.1 Å². The fourth-order valence-electron chi connectivity index (χ4n) is 2.12. The van der Waals surface area contributed by atoms with Gasteiger partial charge in [0, 0.05) is 12.1 Å². The zero-order chi connectivity index (χ0) is 14.7. The van der Waals surface area contributed by atoms with E-state index in [1.807, 2.05) is 25.1 Å². The van der Waals surface area contributed by atoms with E-state index in [4.69, 9.17) is 4.84 Å². The summed E-state index contributed by atoms with van der Waals surface area (Å²) >= 11 is 1.55. The van der Waals surface area contributed by atoms with Crippen molar-refractivity contribution < 1.29 is 9.63 Å². The highest BCUT2D eigenvalue weighted by atomic mass is 32.1. The van der Waals surface area contributed by atoms with Crippen LogP contribution in [0.1, 0.15) is 19.8 Å². The minimum absolute atomic E-state index is 0.0605. The number of amides is 2. The molecule has 1 aromatic carbocycles. The van der Waals surface area contributed by atoms with E-state index in [0.717, 1.165) is 34.5 Å². The lowest BCUT2D eigenvalue weighted by molar-refractivity contribution is 0.0870. The number of hydrogen-bond donors (Lipinski definition) is 2. The largest absolute Gasteiger partial charge is 0.390 e. The summed E-state index contributed by atoms with van der Waals surface area (Å²) in [7, 11) is 0. The molecule has 1 aliphatic heterocycles. The van der Waals surface area contributed by atoms with Crippen LogP contribution in [0.25, 0.3) is 10.2 Å². The number of carbonyl (C=O) groups excluding carboxylic acids is 1. The third-order valence-corrected chi connectivity index (χ3v) is 4.07. The van der Waals surface area contributed by atoms with E-state index in [1.54, 1.807) is 16.8 Å². The van der Waals surface area contributed by atoms with Crippen LogP contribution >= 0.6 is 11.3 Å². The molecule has 0 saturated carbocycles. The molecule has 0 bridgehead atoms. The third-order valence-electron chi connectivity index (χ3n) is 3.28. The molecule has 1 aromatic heterocycles. The second kappa shape index (κ2) is 6.09. The fraction of sp³-hybridized carbons (Fsp3) is 0.357. The molecule has 21 heavy (non-hydrogen) atoms. The van der Waals surface area contributed by atoms with Crippen LogP contribution in [0.3, 0.4) is 0 Å². The second-order valence-corrected chi connectivity index (χ2v) is 5.70. The molecule has 6 nitrogen and oxygen atoms in total. The topological polar surface area (TPSA) is 75.6 Å². The van der Waals surface area contributed by atoms with Crippen LogP contribution in [0.5, 0.6) is 0 Å². The van der Waals surface area contributed by atoms with E-state index < -0.39 is 0 Å². The molecule has 0 aliphatic carbocycles. The number of urea groups is 1. The first-order valence-corrected chi connectivity index (χ1v) is 7.72. The van der Waals surface area contributed by atoms with Crippen LogP contribution in [-0.4, -0.2) is 29.4 Å². The molecule has 2 N–H and O–H groups in total. The van der Waals surface area contributed by atoms with Gasteiger partial charge in [0.1, 0.15) is 6.10 Å². The number of nitrogens with one attached hydrogen (secondary N) is 2. The van der Waals surface area contributed by atoms with E-state index >= 15 is 0 Å². The summed E-state index contributed by atoms with van der Waals surface area (Å²) in [6, 6.07) is 5.40. The minimum Gasteiger partial charge on any atom is -0.390 e. The lowest BCUT2D eigenvalue weighted by Gasteiger charge is -2.11. The maximum atomic E-state index is 11.9. The normalized spacial score (nSPS) is 17.4. The Morgan fingerprint density at radius 2 is 2.43 bits per heavy atom. The minimum atomic E-state index is -0.243. The van der Waals surface area contributed by atoms with Crippen LogP contribution < -0.4 is 10.6 Å². The highest BCUT2D eigenvalue weighted by molar-refractivity contribution is 7.16. The predicted octanol–water partition coefficient (Wildman–Crippen LogP) is 2.97. The summed E-state index contributed by atoms with van der Waals surface area (Å²) in [5.74, 6) is 0. The molecule has 2 aromatic rings. The fourth-order valence-corrected chi connectivity index (χ4v) is 2.84. The van der Waals surface area contributed by atoms with Crippen molar-refractivity contribution in [3.8, 4) is 0 Å². The Morgan fingerprint density at radius 3 is 3.24 bits per heavy atom. The molecule has 2 heterocycles. The first-order valence-electron chi connectivity index (χ1n) is 6.84. The predicted molar refractivity (Wildman–Crippen MR) is 83.9 cm³/mol. The maximum Gasteiger partial charge on any atom is 0.319 e. The van der Waals surface area contributed by atoms with E-state index in [1.165, 1.54) is 0 Å². The lowest BCUT2D eigenvalue weighted by atomic mass is 10.1.